The maximum absolute atomic E-state index is 13.8. The number of carbonyl (C=O) groups is 3. The molecule has 2 rings (SSSR count). The molecule has 1 saturated carbocycles. The van der Waals surface area contributed by atoms with Crippen LogP contribution >= 0.6 is 0 Å². The molecule has 1 aromatic carbocycles. The molecule has 5 N–H and O–H groups in total. The Hall–Kier alpha value is -2.65. The first-order valence-corrected chi connectivity index (χ1v) is 16.1. The van der Waals surface area contributed by atoms with E-state index in [-0.39, 0.29) is 18.3 Å². The number of rotatable bonds is 15. The first-order chi connectivity index (χ1) is 20.1. The topological polar surface area (TPSA) is 137 Å². The van der Waals surface area contributed by atoms with Gasteiger partial charge in [-0.1, -0.05) is 90.1 Å². The predicted octanol–water partition coefficient (Wildman–Crippen LogP) is 4.88. The third-order valence-electron chi connectivity index (χ3n) is 7.79. The fourth-order valence-electron chi connectivity index (χ4n) is 5.72. The van der Waals surface area contributed by atoms with Crippen molar-refractivity contribution in [2.45, 2.75) is 142 Å². The molecular formula is C34H57N3O6. The van der Waals surface area contributed by atoms with Crippen molar-refractivity contribution in [2.24, 2.45) is 17.8 Å². The van der Waals surface area contributed by atoms with E-state index in [0.29, 0.717) is 25.2 Å². The second-order valence-corrected chi connectivity index (χ2v) is 14.1. The van der Waals surface area contributed by atoms with Crippen LogP contribution in [0.15, 0.2) is 30.3 Å². The smallest absolute Gasteiger partial charge is 0.408 e. The highest BCUT2D eigenvalue weighted by molar-refractivity contribution is 5.91. The molecule has 244 valence electrons. The summed E-state index contributed by atoms with van der Waals surface area (Å²) >= 11 is 0. The van der Waals surface area contributed by atoms with Crippen molar-refractivity contribution in [3.8, 4) is 0 Å². The average Bonchev–Trinajstić information content (AvgIpc) is 2.91. The van der Waals surface area contributed by atoms with E-state index in [1.165, 1.54) is 6.42 Å². The van der Waals surface area contributed by atoms with Crippen molar-refractivity contribution < 1.29 is 29.3 Å². The summed E-state index contributed by atoms with van der Waals surface area (Å²) in [6.07, 6.45) is 4.25. The molecule has 0 aliphatic heterocycles. The molecule has 1 aliphatic rings. The van der Waals surface area contributed by atoms with Gasteiger partial charge in [-0.3, -0.25) is 9.59 Å². The van der Waals surface area contributed by atoms with Crippen LogP contribution in [0.25, 0.3) is 0 Å². The highest BCUT2D eigenvalue weighted by atomic mass is 16.6. The number of carbonyl (C=O) groups excluding carboxylic acids is 3. The summed E-state index contributed by atoms with van der Waals surface area (Å²) in [5.41, 5.74) is 0.102. The Bertz CT molecular complexity index is 988. The maximum Gasteiger partial charge on any atom is 0.408 e. The number of ether oxygens (including phenoxy) is 1. The van der Waals surface area contributed by atoms with Crippen molar-refractivity contribution in [3.63, 3.8) is 0 Å². The van der Waals surface area contributed by atoms with E-state index < -0.39 is 53.8 Å². The van der Waals surface area contributed by atoms with Gasteiger partial charge in [0.25, 0.3) is 0 Å². The number of aliphatic hydroxyl groups is 2. The molecule has 1 aromatic rings. The summed E-state index contributed by atoms with van der Waals surface area (Å²) < 4.78 is 5.41. The Morgan fingerprint density at radius 3 is 1.98 bits per heavy atom. The Morgan fingerprint density at radius 1 is 0.837 bits per heavy atom. The normalized spacial score (nSPS) is 17.9. The van der Waals surface area contributed by atoms with Gasteiger partial charge in [0.1, 0.15) is 23.8 Å². The molecule has 5 atom stereocenters. The number of benzene rings is 1. The fraction of sp³-hybridized carbons (Fsp3) is 0.735. The van der Waals surface area contributed by atoms with Crippen LogP contribution in [0.3, 0.4) is 0 Å². The number of hydrogen-bond acceptors (Lipinski definition) is 6. The first kappa shape index (κ1) is 36.5. The minimum Gasteiger partial charge on any atom is -0.444 e. The molecule has 0 bridgehead atoms. The third kappa shape index (κ3) is 14.1. The van der Waals surface area contributed by atoms with Crippen LogP contribution < -0.4 is 16.0 Å². The maximum atomic E-state index is 13.8. The van der Waals surface area contributed by atoms with Gasteiger partial charge in [0.2, 0.25) is 11.8 Å². The number of hydrogen-bond donors (Lipinski definition) is 5. The van der Waals surface area contributed by atoms with Crippen LogP contribution in [-0.2, 0) is 20.7 Å². The number of nitrogens with one attached hydrogen (secondary N) is 3. The van der Waals surface area contributed by atoms with Gasteiger partial charge in [-0.25, -0.2) is 4.79 Å². The molecule has 43 heavy (non-hydrogen) atoms. The Labute approximate surface area is 258 Å². The van der Waals surface area contributed by atoms with Gasteiger partial charge in [0.15, 0.2) is 0 Å². The molecule has 0 saturated heterocycles. The van der Waals surface area contributed by atoms with Gasteiger partial charge < -0.3 is 30.9 Å². The van der Waals surface area contributed by atoms with E-state index in [2.05, 4.69) is 16.0 Å². The molecule has 3 unspecified atom stereocenters. The van der Waals surface area contributed by atoms with E-state index in [0.717, 1.165) is 31.2 Å². The lowest BCUT2D eigenvalue weighted by Crippen LogP contribution is -2.58. The molecule has 1 aliphatic carbocycles. The lowest BCUT2D eigenvalue weighted by Gasteiger charge is -2.34. The first-order valence-electron chi connectivity index (χ1n) is 16.1. The van der Waals surface area contributed by atoms with Crippen LogP contribution in [0.1, 0.15) is 105 Å². The van der Waals surface area contributed by atoms with Gasteiger partial charge in [-0.2, -0.15) is 0 Å². The summed E-state index contributed by atoms with van der Waals surface area (Å²) in [5.74, 6) is -0.293. The van der Waals surface area contributed by atoms with Gasteiger partial charge in [-0.05, 0) is 63.4 Å². The summed E-state index contributed by atoms with van der Waals surface area (Å²) in [7, 11) is 0. The van der Waals surface area contributed by atoms with Crippen molar-refractivity contribution in [1.29, 1.82) is 0 Å². The predicted molar refractivity (Wildman–Crippen MR) is 169 cm³/mol. The minimum atomic E-state index is -1.12. The summed E-state index contributed by atoms with van der Waals surface area (Å²) in [4.78, 5) is 40.1. The van der Waals surface area contributed by atoms with Crippen LogP contribution in [0.2, 0.25) is 0 Å². The number of aliphatic hydroxyl groups excluding tert-OH is 2. The summed E-state index contributed by atoms with van der Waals surface area (Å²) in [5, 5.41) is 30.5. The average molecular weight is 604 g/mol. The molecular weight excluding hydrogens is 546 g/mol. The van der Waals surface area contributed by atoms with Crippen molar-refractivity contribution >= 4 is 17.9 Å². The lowest BCUT2D eigenvalue weighted by atomic mass is 9.82. The molecule has 0 heterocycles. The number of amides is 3. The highest BCUT2D eigenvalue weighted by Crippen LogP contribution is 2.29. The fourth-order valence-corrected chi connectivity index (χ4v) is 5.72. The van der Waals surface area contributed by atoms with Crippen LogP contribution in [0.4, 0.5) is 4.79 Å². The quantitative estimate of drug-likeness (QED) is 0.194. The molecule has 9 heteroatoms. The molecule has 1 fully saturated rings. The molecule has 3 amide bonds. The van der Waals surface area contributed by atoms with E-state index in [1.807, 2.05) is 58.0 Å². The van der Waals surface area contributed by atoms with E-state index >= 15 is 0 Å². The van der Waals surface area contributed by atoms with Crippen LogP contribution in [0.5, 0.6) is 0 Å². The second kappa shape index (κ2) is 17.6. The SMILES string of the molecule is CC(C)CC(O)C(O)C(CC1CCCCC1)NC(=O)[C@H](CC(C)C)NC(=O)[C@H](Cc1ccccc1)NC(=O)OC(C)(C)C. The van der Waals surface area contributed by atoms with Crippen molar-refractivity contribution in [3.05, 3.63) is 35.9 Å². The molecule has 9 nitrogen and oxygen atoms in total. The zero-order chi connectivity index (χ0) is 32.2. The van der Waals surface area contributed by atoms with Crippen LogP contribution in [-0.4, -0.2) is 64.1 Å². The van der Waals surface area contributed by atoms with Crippen LogP contribution in [0, 0.1) is 17.8 Å². The number of alkyl carbamates (subject to hydrolysis) is 1. The van der Waals surface area contributed by atoms with Crippen molar-refractivity contribution in [2.75, 3.05) is 0 Å². The van der Waals surface area contributed by atoms with Gasteiger partial charge in [0.05, 0.1) is 12.1 Å². The zero-order valence-electron chi connectivity index (χ0n) is 27.4. The van der Waals surface area contributed by atoms with Gasteiger partial charge in [0, 0.05) is 6.42 Å². The standard InChI is InChI=1S/C34H57N3O6/c1-22(2)18-27(31(40)35-26(20-24-14-10-8-11-15-24)30(39)29(38)19-23(3)4)36-32(41)28(21-25-16-12-9-13-17-25)37-33(42)43-34(5,6)7/h9,12-13,16-17,22-24,26-30,38-39H,8,10-11,14-15,18-21H2,1-7H3,(H,35,40)(H,36,41)(H,37,42)/t26?,27-,28-,29?,30?/m0/s1. The third-order valence-corrected chi connectivity index (χ3v) is 7.79. The Morgan fingerprint density at radius 2 is 1.42 bits per heavy atom. The van der Waals surface area contributed by atoms with Gasteiger partial charge in [-0.15, -0.1) is 0 Å². The highest BCUT2D eigenvalue weighted by Gasteiger charge is 2.34. The Kier molecular flexibility index (Phi) is 15.0. The largest absolute Gasteiger partial charge is 0.444 e. The van der Waals surface area contributed by atoms with Crippen molar-refractivity contribution in [1.82, 2.24) is 16.0 Å². The second-order valence-electron chi connectivity index (χ2n) is 14.1. The minimum absolute atomic E-state index is 0.0793. The van der Waals surface area contributed by atoms with Gasteiger partial charge >= 0.3 is 6.09 Å². The zero-order valence-corrected chi connectivity index (χ0v) is 27.4. The van der Waals surface area contributed by atoms with E-state index in [1.54, 1.807) is 20.8 Å². The molecule has 0 radical (unpaired) electrons. The molecule has 0 spiro atoms. The van der Waals surface area contributed by atoms with E-state index in [9.17, 15) is 24.6 Å². The lowest BCUT2D eigenvalue weighted by molar-refractivity contribution is -0.132. The monoisotopic (exact) mass is 603 g/mol. The summed E-state index contributed by atoms with van der Waals surface area (Å²) in [6, 6.07) is 6.82. The van der Waals surface area contributed by atoms with E-state index in [4.69, 9.17) is 4.74 Å². The molecule has 0 aromatic heterocycles. The summed E-state index contributed by atoms with van der Waals surface area (Å²) in [6.45, 7) is 13.1. The Balaban J connectivity index is 2.25.